The van der Waals surface area contributed by atoms with Crippen LogP contribution in [0, 0.1) is 0 Å². The quantitative estimate of drug-likeness (QED) is 0.846. The molecule has 0 amide bonds. The van der Waals surface area contributed by atoms with Gasteiger partial charge in [0.1, 0.15) is 0 Å². The zero-order chi connectivity index (χ0) is 11.8. The van der Waals surface area contributed by atoms with Crippen molar-refractivity contribution in [3.63, 3.8) is 0 Å². The van der Waals surface area contributed by atoms with Gasteiger partial charge >= 0.3 is 0 Å². The van der Waals surface area contributed by atoms with E-state index in [9.17, 15) is 8.42 Å². The first kappa shape index (κ1) is 11.6. The molecule has 1 aliphatic heterocycles. The van der Waals surface area contributed by atoms with Gasteiger partial charge in [-0.2, -0.15) is 0 Å². The molecule has 1 aromatic rings. The second kappa shape index (κ2) is 4.16. The van der Waals surface area contributed by atoms with Gasteiger partial charge in [-0.25, -0.2) is 13.6 Å². The van der Waals surface area contributed by atoms with E-state index in [0.717, 1.165) is 12.0 Å². The van der Waals surface area contributed by atoms with Crippen LogP contribution >= 0.6 is 0 Å². The fraction of sp³-hybridized carbons (Fsp3) is 0.455. The SMILES string of the molecule is CC1OCCC1c1ccccc1S(N)(=O)=O. The molecule has 0 bridgehead atoms. The Morgan fingerprint density at radius 3 is 2.62 bits per heavy atom. The van der Waals surface area contributed by atoms with Crippen LogP contribution < -0.4 is 5.14 Å². The summed E-state index contributed by atoms with van der Waals surface area (Å²) in [4.78, 5) is 0.220. The molecule has 1 aliphatic rings. The van der Waals surface area contributed by atoms with Gasteiger partial charge in [0.05, 0.1) is 11.0 Å². The molecule has 2 rings (SSSR count). The largest absolute Gasteiger partial charge is 0.378 e. The highest BCUT2D eigenvalue weighted by Gasteiger charge is 2.29. The van der Waals surface area contributed by atoms with E-state index in [0.29, 0.717) is 6.61 Å². The molecule has 1 saturated heterocycles. The highest BCUT2D eigenvalue weighted by molar-refractivity contribution is 7.89. The molecule has 1 heterocycles. The number of primary sulfonamides is 1. The molecule has 5 heteroatoms. The Morgan fingerprint density at radius 1 is 1.38 bits per heavy atom. The van der Waals surface area contributed by atoms with Crippen molar-refractivity contribution in [3.8, 4) is 0 Å². The van der Waals surface area contributed by atoms with Crippen molar-refractivity contribution in [3.05, 3.63) is 29.8 Å². The molecular weight excluding hydrogens is 226 g/mol. The lowest BCUT2D eigenvalue weighted by Crippen LogP contribution is -2.18. The molecule has 0 aromatic heterocycles. The number of hydrogen-bond donors (Lipinski definition) is 1. The minimum absolute atomic E-state index is 0.0444. The molecule has 88 valence electrons. The summed E-state index contributed by atoms with van der Waals surface area (Å²) in [5, 5.41) is 5.20. The second-order valence-corrected chi connectivity index (χ2v) is 5.58. The molecule has 4 nitrogen and oxygen atoms in total. The summed E-state index contributed by atoms with van der Waals surface area (Å²) in [6.45, 7) is 2.63. The van der Waals surface area contributed by atoms with E-state index in [1.807, 2.05) is 19.1 Å². The van der Waals surface area contributed by atoms with Crippen LogP contribution in [0.1, 0.15) is 24.8 Å². The van der Waals surface area contributed by atoms with E-state index in [1.54, 1.807) is 12.1 Å². The van der Waals surface area contributed by atoms with Crippen molar-refractivity contribution in [2.24, 2.45) is 5.14 Å². The number of nitrogens with two attached hydrogens (primary N) is 1. The Morgan fingerprint density at radius 2 is 2.06 bits per heavy atom. The molecule has 16 heavy (non-hydrogen) atoms. The third kappa shape index (κ3) is 2.11. The molecule has 0 saturated carbocycles. The average molecular weight is 241 g/mol. The monoisotopic (exact) mass is 241 g/mol. The predicted octanol–water partition coefficient (Wildman–Crippen LogP) is 1.23. The van der Waals surface area contributed by atoms with Gasteiger partial charge in [0, 0.05) is 12.5 Å². The Bertz CT molecular complexity index is 484. The van der Waals surface area contributed by atoms with E-state index in [1.165, 1.54) is 0 Å². The summed E-state index contributed by atoms with van der Waals surface area (Å²) < 4.78 is 28.4. The third-order valence-electron chi connectivity index (χ3n) is 3.00. The van der Waals surface area contributed by atoms with E-state index in [-0.39, 0.29) is 16.9 Å². The van der Waals surface area contributed by atoms with Gasteiger partial charge in [-0.3, -0.25) is 0 Å². The number of sulfonamides is 1. The Labute approximate surface area is 95.5 Å². The maximum Gasteiger partial charge on any atom is 0.238 e. The summed E-state index contributed by atoms with van der Waals surface area (Å²) >= 11 is 0. The fourth-order valence-corrected chi connectivity index (χ4v) is 3.00. The van der Waals surface area contributed by atoms with E-state index in [2.05, 4.69) is 0 Å². The maximum atomic E-state index is 11.5. The van der Waals surface area contributed by atoms with Crippen LogP contribution in [0.15, 0.2) is 29.2 Å². The summed E-state index contributed by atoms with van der Waals surface area (Å²) in [7, 11) is -3.65. The van der Waals surface area contributed by atoms with Crippen molar-refractivity contribution in [2.45, 2.75) is 30.3 Å². The number of benzene rings is 1. The normalized spacial score (nSPS) is 25.9. The molecule has 0 spiro atoms. The van der Waals surface area contributed by atoms with Crippen molar-refractivity contribution in [1.29, 1.82) is 0 Å². The molecule has 0 aliphatic carbocycles. The van der Waals surface area contributed by atoms with Crippen molar-refractivity contribution in [1.82, 2.24) is 0 Å². The van der Waals surface area contributed by atoms with Crippen LogP contribution in [0.4, 0.5) is 0 Å². The average Bonchev–Trinajstić information content (AvgIpc) is 2.63. The minimum atomic E-state index is -3.65. The Kier molecular flexibility index (Phi) is 3.01. The van der Waals surface area contributed by atoms with Crippen molar-refractivity contribution >= 4 is 10.0 Å². The van der Waals surface area contributed by atoms with E-state index in [4.69, 9.17) is 9.88 Å². The number of rotatable bonds is 2. The lowest BCUT2D eigenvalue weighted by atomic mass is 9.93. The van der Waals surface area contributed by atoms with Gasteiger partial charge in [-0.1, -0.05) is 18.2 Å². The van der Waals surface area contributed by atoms with Gasteiger partial charge < -0.3 is 4.74 Å². The summed E-state index contributed by atoms with van der Waals surface area (Å²) in [5.41, 5.74) is 0.773. The highest BCUT2D eigenvalue weighted by atomic mass is 32.2. The summed E-state index contributed by atoms with van der Waals surface area (Å²) in [6, 6.07) is 6.88. The lowest BCUT2D eigenvalue weighted by molar-refractivity contribution is 0.118. The zero-order valence-electron chi connectivity index (χ0n) is 9.09. The molecule has 2 unspecified atom stereocenters. The van der Waals surface area contributed by atoms with Crippen molar-refractivity contribution in [2.75, 3.05) is 6.61 Å². The first-order chi connectivity index (χ1) is 7.50. The number of hydrogen-bond acceptors (Lipinski definition) is 3. The highest BCUT2D eigenvalue weighted by Crippen LogP contribution is 2.34. The van der Waals surface area contributed by atoms with Crippen molar-refractivity contribution < 1.29 is 13.2 Å². The zero-order valence-corrected chi connectivity index (χ0v) is 9.91. The lowest BCUT2D eigenvalue weighted by Gasteiger charge is -2.17. The molecule has 1 fully saturated rings. The van der Waals surface area contributed by atoms with Gasteiger partial charge in [0.25, 0.3) is 0 Å². The van der Waals surface area contributed by atoms with Gasteiger partial charge in [0.15, 0.2) is 0 Å². The summed E-state index contributed by atoms with van der Waals surface area (Å²) in [6.07, 6.45) is 0.885. The topological polar surface area (TPSA) is 69.4 Å². The molecular formula is C11H15NO3S. The standard InChI is InChI=1S/C11H15NO3S/c1-8-9(6-7-15-8)10-4-2-3-5-11(10)16(12,13)14/h2-5,8-9H,6-7H2,1H3,(H2,12,13,14). The number of ether oxygens (including phenoxy) is 1. The first-order valence-electron chi connectivity index (χ1n) is 5.23. The second-order valence-electron chi connectivity index (χ2n) is 4.05. The molecule has 1 aromatic carbocycles. The van der Waals surface area contributed by atoms with E-state index >= 15 is 0 Å². The van der Waals surface area contributed by atoms with Crippen LogP contribution in [-0.4, -0.2) is 21.1 Å². The van der Waals surface area contributed by atoms with E-state index < -0.39 is 10.0 Å². The van der Waals surface area contributed by atoms with Crippen LogP contribution in [0.25, 0.3) is 0 Å². The smallest absolute Gasteiger partial charge is 0.238 e. The minimum Gasteiger partial charge on any atom is -0.378 e. The Balaban J connectivity index is 2.48. The van der Waals surface area contributed by atoms with Crippen LogP contribution in [0.3, 0.4) is 0 Å². The van der Waals surface area contributed by atoms with Crippen LogP contribution in [0.5, 0.6) is 0 Å². The molecule has 0 radical (unpaired) electrons. The fourth-order valence-electron chi connectivity index (χ4n) is 2.19. The first-order valence-corrected chi connectivity index (χ1v) is 6.78. The van der Waals surface area contributed by atoms with Crippen LogP contribution in [-0.2, 0) is 14.8 Å². The van der Waals surface area contributed by atoms with Gasteiger partial charge in [0.2, 0.25) is 10.0 Å². The third-order valence-corrected chi connectivity index (χ3v) is 3.99. The van der Waals surface area contributed by atoms with Crippen LogP contribution in [0.2, 0.25) is 0 Å². The molecule has 2 N–H and O–H groups in total. The Hall–Kier alpha value is -0.910. The summed E-state index contributed by atoms with van der Waals surface area (Å²) in [5.74, 6) is 0.120. The van der Waals surface area contributed by atoms with Gasteiger partial charge in [-0.15, -0.1) is 0 Å². The predicted molar refractivity (Wildman–Crippen MR) is 60.6 cm³/mol. The maximum absolute atomic E-state index is 11.5. The van der Waals surface area contributed by atoms with Gasteiger partial charge in [-0.05, 0) is 25.0 Å². The molecule has 2 atom stereocenters.